The van der Waals surface area contributed by atoms with Gasteiger partial charge in [-0.1, -0.05) is 6.08 Å². The van der Waals surface area contributed by atoms with Crippen LogP contribution in [0.25, 0.3) is 0 Å². The highest BCUT2D eigenvalue weighted by Gasteiger charge is 2.53. The van der Waals surface area contributed by atoms with Crippen LogP contribution in [0.15, 0.2) is 11.6 Å². The zero-order valence-electron chi connectivity index (χ0n) is 23.5. The Labute approximate surface area is 250 Å². The van der Waals surface area contributed by atoms with Gasteiger partial charge in [0.1, 0.15) is 79.4 Å². The molecule has 256 valence electrons. The van der Waals surface area contributed by atoms with Crippen molar-refractivity contribution < 1.29 is 90.1 Å². The third-order valence-corrected chi connectivity index (χ3v) is 8.48. The van der Waals surface area contributed by atoms with E-state index in [-0.39, 0.29) is 5.57 Å². The molecule has 0 amide bonds. The standard InChI is InChI=1S/C25H43NO18/c1-6-11(26-8-2-7(3-27)12(30)15(33)13(8)31)14(32)19(37)24(40-6)43-22-10(5-29)42-25(20(38)17(22)35)44-21-9(4-28)41-23(39)18(36)16(21)34/h2,6,8-39H,3-5H2,1H3/t6?,8-,9?,10?,11?,12+,13-,14-,15-,16+,17+,18-,19-,20-,21?,22?,23?,24?,25?/m0/s1. The summed E-state index contributed by atoms with van der Waals surface area (Å²) in [5, 5.41) is 136. The molecular weight excluding hydrogens is 602 g/mol. The fourth-order valence-corrected chi connectivity index (χ4v) is 5.81. The summed E-state index contributed by atoms with van der Waals surface area (Å²) in [5.41, 5.74) is 0.0225. The minimum atomic E-state index is -1.93. The van der Waals surface area contributed by atoms with Crippen molar-refractivity contribution in [1.29, 1.82) is 0 Å². The first kappa shape index (κ1) is 35.8. The van der Waals surface area contributed by atoms with Crippen LogP contribution >= 0.6 is 0 Å². The van der Waals surface area contributed by atoms with E-state index >= 15 is 0 Å². The molecule has 0 radical (unpaired) electrons. The van der Waals surface area contributed by atoms with Crippen LogP contribution in [0.1, 0.15) is 6.92 Å². The molecular formula is C25H43NO18. The number of hydrogen-bond acceptors (Lipinski definition) is 19. The zero-order chi connectivity index (χ0) is 32.6. The van der Waals surface area contributed by atoms with Crippen LogP contribution in [0, 0.1) is 0 Å². The SMILES string of the molecule is CC1OC(OC2C(CO)OC(OC3C(CO)OC(O)[C@@H](O)[C@H]3O)[C@@H](O)[C@H]2O)[C@@H](O)[C@@H](O)C1N[C@H]1C=C(CO)[C@@H](O)[C@H](O)[C@H]1O. The third-order valence-electron chi connectivity index (χ3n) is 8.48. The topological polar surface area (TPSA) is 321 Å². The summed E-state index contributed by atoms with van der Waals surface area (Å²) in [4.78, 5) is 0. The second-order valence-electron chi connectivity index (χ2n) is 11.4. The van der Waals surface area contributed by atoms with Crippen molar-refractivity contribution in [1.82, 2.24) is 5.32 Å². The quantitative estimate of drug-likeness (QED) is 0.103. The Balaban J connectivity index is 1.42. The summed E-state index contributed by atoms with van der Waals surface area (Å²) in [5.74, 6) is 0. The van der Waals surface area contributed by atoms with Crippen LogP contribution in [-0.2, 0) is 23.7 Å². The Morgan fingerprint density at radius 1 is 0.636 bits per heavy atom. The lowest BCUT2D eigenvalue weighted by Gasteiger charge is -2.48. The van der Waals surface area contributed by atoms with Gasteiger partial charge in [0.25, 0.3) is 0 Å². The molecule has 14 N–H and O–H groups in total. The summed E-state index contributed by atoms with van der Waals surface area (Å²) in [6, 6.07) is -2.17. The molecule has 3 fully saturated rings. The fraction of sp³-hybridized carbons (Fsp3) is 0.920. The normalized spacial score (nSPS) is 52.0. The molecule has 19 nitrogen and oxygen atoms in total. The predicted octanol–water partition coefficient (Wildman–Crippen LogP) is -8.56. The molecule has 0 aromatic rings. The number of hydrogen-bond donors (Lipinski definition) is 14. The Bertz CT molecular complexity index is 958. The van der Waals surface area contributed by atoms with E-state index in [0.29, 0.717) is 0 Å². The average molecular weight is 646 g/mol. The summed E-state index contributed by atoms with van der Waals surface area (Å²) < 4.78 is 27.4. The van der Waals surface area contributed by atoms with Gasteiger partial charge in [0, 0.05) is 0 Å². The van der Waals surface area contributed by atoms with Crippen molar-refractivity contribution >= 4 is 0 Å². The van der Waals surface area contributed by atoms with Crippen LogP contribution in [0.3, 0.4) is 0 Å². The molecule has 19 heteroatoms. The van der Waals surface area contributed by atoms with Gasteiger partial charge >= 0.3 is 0 Å². The maximum Gasteiger partial charge on any atom is 0.187 e. The minimum absolute atomic E-state index is 0.0225. The molecule has 0 aromatic carbocycles. The van der Waals surface area contributed by atoms with Crippen molar-refractivity contribution in [3.63, 3.8) is 0 Å². The van der Waals surface area contributed by atoms with Crippen LogP contribution in [-0.4, -0.2) is 203 Å². The Morgan fingerprint density at radius 2 is 1.16 bits per heavy atom. The third kappa shape index (κ3) is 6.96. The Kier molecular flexibility index (Phi) is 12.1. The molecule has 0 bridgehead atoms. The highest BCUT2D eigenvalue weighted by atomic mass is 16.7. The molecule has 3 heterocycles. The first-order chi connectivity index (χ1) is 20.7. The number of aliphatic hydroxyl groups is 13. The van der Waals surface area contributed by atoms with Crippen LogP contribution in [0.4, 0.5) is 0 Å². The summed E-state index contributed by atoms with van der Waals surface area (Å²) in [7, 11) is 0. The van der Waals surface area contributed by atoms with Gasteiger partial charge in [-0.2, -0.15) is 0 Å². The highest BCUT2D eigenvalue weighted by molar-refractivity contribution is 5.22. The van der Waals surface area contributed by atoms with Crippen LogP contribution < -0.4 is 5.32 Å². The fourth-order valence-electron chi connectivity index (χ4n) is 5.81. The van der Waals surface area contributed by atoms with Gasteiger partial charge in [-0.05, 0) is 12.5 Å². The number of aliphatic hydroxyl groups excluding tert-OH is 13. The van der Waals surface area contributed by atoms with Gasteiger partial charge in [0.2, 0.25) is 0 Å². The molecule has 4 rings (SSSR count). The number of rotatable bonds is 9. The van der Waals surface area contributed by atoms with Crippen LogP contribution in [0.5, 0.6) is 0 Å². The second kappa shape index (κ2) is 14.8. The van der Waals surface area contributed by atoms with E-state index in [9.17, 15) is 66.4 Å². The zero-order valence-corrected chi connectivity index (χ0v) is 23.5. The lowest BCUT2D eigenvalue weighted by molar-refractivity contribution is -0.373. The first-order valence-corrected chi connectivity index (χ1v) is 14.1. The van der Waals surface area contributed by atoms with Crippen molar-refractivity contribution in [2.24, 2.45) is 0 Å². The molecule has 0 spiro atoms. The lowest BCUT2D eigenvalue weighted by atomic mass is 9.86. The minimum Gasteiger partial charge on any atom is -0.394 e. The maximum atomic E-state index is 10.9. The van der Waals surface area contributed by atoms with Crippen molar-refractivity contribution in [3.05, 3.63) is 11.6 Å². The van der Waals surface area contributed by atoms with Gasteiger partial charge in [-0.25, -0.2) is 0 Å². The van der Waals surface area contributed by atoms with Gasteiger partial charge in [-0.15, -0.1) is 0 Å². The van der Waals surface area contributed by atoms with E-state index in [0.717, 1.165) is 0 Å². The van der Waals surface area contributed by atoms with Crippen molar-refractivity contribution in [2.45, 2.75) is 123 Å². The number of nitrogens with one attached hydrogen (secondary N) is 1. The second-order valence-corrected chi connectivity index (χ2v) is 11.4. The van der Waals surface area contributed by atoms with E-state index in [4.69, 9.17) is 23.7 Å². The largest absolute Gasteiger partial charge is 0.394 e. The summed E-state index contributed by atoms with van der Waals surface area (Å²) in [6.07, 6.45) is -26.6. The highest BCUT2D eigenvalue weighted by Crippen LogP contribution is 2.32. The van der Waals surface area contributed by atoms with E-state index in [2.05, 4.69) is 5.32 Å². The Hall–Kier alpha value is -1.02. The molecule has 3 aliphatic heterocycles. The van der Waals surface area contributed by atoms with Gasteiger partial charge in [0.05, 0.1) is 38.0 Å². The molecule has 19 atom stereocenters. The van der Waals surface area contributed by atoms with Gasteiger partial charge in [-0.3, -0.25) is 0 Å². The average Bonchev–Trinajstić information content (AvgIpc) is 3.00. The molecule has 0 saturated carbocycles. The maximum absolute atomic E-state index is 10.9. The smallest absolute Gasteiger partial charge is 0.187 e. The van der Waals surface area contributed by atoms with Crippen molar-refractivity contribution in [3.8, 4) is 0 Å². The monoisotopic (exact) mass is 645 g/mol. The van der Waals surface area contributed by atoms with E-state index < -0.39 is 136 Å². The van der Waals surface area contributed by atoms with Gasteiger partial charge in [0.15, 0.2) is 18.9 Å². The molecule has 3 saturated heterocycles. The van der Waals surface area contributed by atoms with Gasteiger partial charge < -0.3 is 95.4 Å². The summed E-state index contributed by atoms with van der Waals surface area (Å²) >= 11 is 0. The van der Waals surface area contributed by atoms with E-state index in [1.807, 2.05) is 0 Å². The summed E-state index contributed by atoms with van der Waals surface area (Å²) in [6.45, 7) is -0.753. The van der Waals surface area contributed by atoms with Crippen molar-refractivity contribution in [2.75, 3.05) is 19.8 Å². The van der Waals surface area contributed by atoms with E-state index in [1.54, 1.807) is 0 Å². The molecule has 9 unspecified atom stereocenters. The first-order valence-electron chi connectivity index (χ1n) is 14.1. The van der Waals surface area contributed by atoms with E-state index in [1.165, 1.54) is 13.0 Å². The molecule has 1 aliphatic carbocycles. The predicted molar refractivity (Wildman–Crippen MR) is 138 cm³/mol. The number of ether oxygens (including phenoxy) is 5. The molecule has 0 aromatic heterocycles. The lowest BCUT2D eigenvalue weighted by Crippen LogP contribution is -2.68. The molecule has 4 aliphatic rings. The Morgan fingerprint density at radius 3 is 1.73 bits per heavy atom. The molecule has 44 heavy (non-hydrogen) atoms. The van der Waals surface area contributed by atoms with Crippen LogP contribution in [0.2, 0.25) is 0 Å².